The van der Waals surface area contributed by atoms with Gasteiger partial charge in [0, 0.05) is 61.1 Å². The number of aromatic nitrogens is 2. The van der Waals surface area contributed by atoms with Gasteiger partial charge in [-0.2, -0.15) is 0 Å². The second kappa shape index (κ2) is 10.5. The third-order valence-corrected chi connectivity index (χ3v) is 7.14. The summed E-state index contributed by atoms with van der Waals surface area (Å²) in [7, 11) is 4.35. The highest BCUT2D eigenvalue weighted by molar-refractivity contribution is 5.70. The third kappa shape index (κ3) is 5.42. The van der Waals surface area contributed by atoms with Crippen LogP contribution >= 0.6 is 0 Å². The van der Waals surface area contributed by atoms with Gasteiger partial charge in [-0.25, -0.2) is 4.98 Å². The lowest BCUT2D eigenvalue weighted by atomic mass is 10.0. The largest absolute Gasteiger partial charge is 0.370 e. The van der Waals surface area contributed by atoms with E-state index in [1.165, 1.54) is 34.4 Å². The zero-order valence-corrected chi connectivity index (χ0v) is 21.7. The summed E-state index contributed by atoms with van der Waals surface area (Å²) >= 11 is 0. The molecule has 0 radical (unpaired) electrons. The first kappa shape index (κ1) is 24.0. The molecule has 0 bridgehead atoms. The monoisotopic (exact) mass is 477 g/mol. The molecule has 0 saturated carbocycles. The van der Waals surface area contributed by atoms with Gasteiger partial charge in [-0.05, 0) is 86.4 Å². The minimum Gasteiger partial charge on any atom is -0.370 e. The summed E-state index contributed by atoms with van der Waals surface area (Å²) in [6.45, 7) is 7.12. The molecule has 0 aliphatic carbocycles. The van der Waals surface area contributed by atoms with E-state index in [0.717, 1.165) is 42.1 Å². The van der Waals surface area contributed by atoms with Gasteiger partial charge in [0.2, 0.25) is 0 Å². The van der Waals surface area contributed by atoms with Crippen LogP contribution < -0.4 is 10.2 Å². The lowest BCUT2D eigenvalue weighted by molar-refractivity contribution is 0.315. The van der Waals surface area contributed by atoms with Gasteiger partial charge in [0.1, 0.15) is 5.82 Å². The quantitative estimate of drug-likeness (QED) is 0.344. The number of likely N-dealkylation sites (N-methyl/N-ethyl adjacent to an activating group) is 1. The maximum Gasteiger partial charge on any atom is 0.129 e. The number of aryl methyl sites for hydroxylation is 2. The van der Waals surface area contributed by atoms with Crippen LogP contribution in [0, 0.1) is 13.8 Å². The van der Waals surface area contributed by atoms with Crippen molar-refractivity contribution < 1.29 is 0 Å². The van der Waals surface area contributed by atoms with Crippen LogP contribution in [0.25, 0.3) is 22.3 Å². The topological polar surface area (TPSA) is 44.3 Å². The Bertz CT molecular complexity index is 1330. The standard InChI is InChI=1S/C31H35N5/c1-22-14-27(19-32-17-22)25-10-8-24(9-11-25)18-33-31-23(2)15-28(20-34-31)26-6-5-7-29(16-26)36-13-12-30(21-36)35(3)4/h5-11,14-17,19-20,30H,12-13,18,21H2,1-4H3,(H,33,34). The second-order valence-corrected chi connectivity index (χ2v) is 10.1. The van der Waals surface area contributed by atoms with Crippen LogP contribution in [0.4, 0.5) is 11.5 Å². The van der Waals surface area contributed by atoms with Crippen LogP contribution in [0.15, 0.2) is 79.3 Å². The van der Waals surface area contributed by atoms with Crippen molar-refractivity contribution in [1.82, 2.24) is 14.9 Å². The molecular formula is C31H35N5. The smallest absolute Gasteiger partial charge is 0.129 e. The molecule has 5 nitrogen and oxygen atoms in total. The Labute approximate surface area is 214 Å². The van der Waals surface area contributed by atoms with Crippen molar-refractivity contribution in [2.45, 2.75) is 32.9 Å². The van der Waals surface area contributed by atoms with Crippen LogP contribution in [0.1, 0.15) is 23.1 Å². The number of anilines is 2. The van der Waals surface area contributed by atoms with Crippen molar-refractivity contribution in [3.63, 3.8) is 0 Å². The van der Waals surface area contributed by atoms with Gasteiger partial charge in [-0.1, -0.05) is 36.4 Å². The van der Waals surface area contributed by atoms with Crippen molar-refractivity contribution in [3.05, 3.63) is 95.9 Å². The highest BCUT2D eigenvalue weighted by atomic mass is 15.2. The van der Waals surface area contributed by atoms with Gasteiger partial charge >= 0.3 is 0 Å². The van der Waals surface area contributed by atoms with Gasteiger partial charge in [-0.15, -0.1) is 0 Å². The molecule has 5 heteroatoms. The molecule has 1 aliphatic heterocycles. The molecule has 1 aliphatic rings. The molecular weight excluding hydrogens is 442 g/mol. The van der Waals surface area contributed by atoms with E-state index in [2.05, 4.69) is 109 Å². The molecule has 184 valence electrons. The molecule has 1 atom stereocenters. The first-order chi connectivity index (χ1) is 17.5. The third-order valence-electron chi connectivity index (χ3n) is 7.14. The fourth-order valence-electron chi connectivity index (χ4n) is 4.91. The number of benzene rings is 2. The molecule has 2 aromatic heterocycles. The van der Waals surface area contributed by atoms with E-state index in [1.54, 1.807) is 0 Å². The minimum absolute atomic E-state index is 0.624. The van der Waals surface area contributed by atoms with Crippen molar-refractivity contribution in [3.8, 4) is 22.3 Å². The zero-order valence-electron chi connectivity index (χ0n) is 21.7. The van der Waals surface area contributed by atoms with E-state index >= 15 is 0 Å². The maximum absolute atomic E-state index is 4.77. The Morgan fingerprint density at radius 3 is 2.42 bits per heavy atom. The second-order valence-electron chi connectivity index (χ2n) is 10.1. The Morgan fingerprint density at radius 1 is 0.889 bits per heavy atom. The number of pyridine rings is 2. The maximum atomic E-state index is 4.77. The number of rotatable bonds is 7. The molecule has 1 N–H and O–H groups in total. The van der Waals surface area contributed by atoms with Gasteiger partial charge in [-0.3, -0.25) is 4.98 Å². The summed E-state index contributed by atoms with van der Waals surface area (Å²) in [5.74, 6) is 0.926. The van der Waals surface area contributed by atoms with E-state index in [4.69, 9.17) is 4.98 Å². The first-order valence-corrected chi connectivity index (χ1v) is 12.7. The van der Waals surface area contributed by atoms with E-state index < -0.39 is 0 Å². The summed E-state index contributed by atoms with van der Waals surface area (Å²) < 4.78 is 0. The molecule has 5 rings (SSSR count). The van der Waals surface area contributed by atoms with Gasteiger partial charge in [0.25, 0.3) is 0 Å². The number of nitrogens with zero attached hydrogens (tertiary/aromatic N) is 4. The van der Waals surface area contributed by atoms with Crippen molar-refractivity contribution in [2.75, 3.05) is 37.4 Å². The Balaban J connectivity index is 1.24. The molecule has 4 aromatic rings. The molecule has 2 aromatic carbocycles. The van der Waals surface area contributed by atoms with E-state index in [0.29, 0.717) is 6.04 Å². The summed E-state index contributed by atoms with van der Waals surface area (Å²) in [5, 5.41) is 3.51. The van der Waals surface area contributed by atoms with Crippen molar-refractivity contribution in [1.29, 1.82) is 0 Å². The van der Waals surface area contributed by atoms with Crippen LogP contribution in [-0.4, -0.2) is 48.1 Å². The number of hydrogen-bond donors (Lipinski definition) is 1. The molecule has 1 fully saturated rings. The van der Waals surface area contributed by atoms with Crippen LogP contribution in [0.5, 0.6) is 0 Å². The summed E-state index contributed by atoms with van der Waals surface area (Å²) in [6, 6.07) is 22.5. The van der Waals surface area contributed by atoms with E-state index in [1.807, 2.05) is 18.6 Å². The first-order valence-electron chi connectivity index (χ1n) is 12.7. The highest BCUT2D eigenvalue weighted by Crippen LogP contribution is 2.29. The van der Waals surface area contributed by atoms with Gasteiger partial charge in [0.05, 0.1) is 0 Å². The SMILES string of the molecule is Cc1cncc(-c2ccc(CNc3ncc(-c4cccc(N5CCC(N(C)C)C5)c4)cc3C)cc2)c1. The molecule has 36 heavy (non-hydrogen) atoms. The normalized spacial score (nSPS) is 15.5. The fourth-order valence-corrected chi connectivity index (χ4v) is 4.91. The molecule has 3 heterocycles. The lowest BCUT2D eigenvalue weighted by Crippen LogP contribution is -2.31. The van der Waals surface area contributed by atoms with Crippen molar-refractivity contribution in [2.24, 2.45) is 0 Å². The number of hydrogen-bond acceptors (Lipinski definition) is 5. The van der Waals surface area contributed by atoms with Gasteiger partial charge in [0.15, 0.2) is 0 Å². The molecule has 0 amide bonds. The van der Waals surface area contributed by atoms with Crippen molar-refractivity contribution >= 4 is 11.5 Å². The van der Waals surface area contributed by atoms with Gasteiger partial charge < -0.3 is 15.1 Å². The number of nitrogens with one attached hydrogen (secondary N) is 1. The molecule has 1 unspecified atom stereocenters. The zero-order chi connectivity index (χ0) is 25.1. The Hall–Kier alpha value is -3.70. The van der Waals surface area contributed by atoms with Crippen LogP contribution in [-0.2, 0) is 6.54 Å². The average molecular weight is 478 g/mol. The summed E-state index contributed by atoms with van der Waals surface area (Å²) in [6.07, 6.45) is 6.99. The molecule has 0 spiro atoms. The Kier molecular flexibility index (Phi) is 7.01. The predicted molar refractivity (Wildman–Crippen MR) is 150 cm³/mol. The minimum atomic E-state index is 0.624. The average Bonchev–Trinajstić information content (AvgIpc) is 3.39. The van der Waals surface area contributed by atoms with Crippen LogP contribution in [0.3, 0.4) is 0 Å². The van der Waals surface area contributed by atoms with Crippen LogP contribution in [0.2, 0.25) is 0 Å². The highest BCUT2D eigenvalue weighted by Gasteiger charge is 2.24. The summed E-state index contributed by atoms with van der Waals surface area (Å²) in [5.41, 5.74) is 9.53. The lowest BCUT2D eigenvalue weighted by Gasteiger charge is -2.22. The molecule has 1 saturated heterocycles. The van der Waals surface area contributed by atoms with E-state index in [-0.39, 0.29) is 0 Å². The summed E-state index contributed by atoms with van der Waals surface area (Å²) in [4.78, 5) is 13.9. The van der Waals surface area contributed by atoms with E-state index in [9.17, 15) is 0 Å². The Morgan fingerprint density at radius 2 is 1.69 bits per heavy atom. The fraction of sp³-hybridized carbons (Fsp3) is 0.290. The predicted octanol–water partition coefficient (Wildman–Crippen LogP) is 6.18.